The van der Waals surface area contributed by atoms with E-state index in [0.717, 1.165) is 6.42 Å². The number of rotatable bonds is 7. The van der Waals surface area contributed by atoms with Crippen LogP contribution in [0, 0.1) is 16.7 Å². The number of fused-ring (bicyclic) bond motifs is 5. The fourth-order valence-electron chi connectivity index (χ4n) is 8.32. The Hall–Kier alpha value is -2.52. The maximum atomic E-state index is 13.8. The summed E-state index contributed by atoms with van der Waals surface area (Å²) in [6.45, 7) is 13.7. The van der Waals surface area contributed by atoms with Crippen LogP contribution in [0.2, 0.25) is 0 Å². The van der Waals surface area contributed by atoms with E-state index in [0.29, 0.717) is 31.2 Å². The highest BCUT2D eigenvalue weighted by Crippen LogP contribution is 2.65. The summed E-state index contributed by atoms with van der Waals surface area (Å²) in [5.41, 5.74) is -1.15. The number of allylic oxidation sites excluding steroid dienone is 1. The molecule has 0 spiro atoms. The van der Waals surface area contributed by atoms with E-state index in [1.54, 1.807) is 37.5 Å². The van der Waals surface area contributed by atoms with Crippen LogP contribution in [0.3, 0.4) is 0 Å². The number of ether oxygens (including phenoxy) is 5. The fraction of sp³-hybridized carbons (Fsp3) is 0.636. The molecular weight excluding hydrogens is 524 g/mol. The van der Waals surface area contributed by atoms with Crippen LogP contribution in [0.15, 0.2) is 54.1 Å². The molecular formula is C33H44O8. The Kier molecular flexibility index (Phi) is 7.77. The smallest absolute Gasteiger partial charge is 0.338 e. The second-order valence-electron chi connectivity index (χ2n) is 13.0. The molecule has 4 aliphatic rings. The third-order valence-corrected chi connectivity index (χ3v) is 10.7. The molecule has 41 heavy (non-hydrogen) atoms. The van der Waals surface area contributed by atoms with Crippen LogP contribution in [-0.4, -0.2) is 66.6 Å². The van der Waals surface area contributed by atoms with Gasteiger partial charge in [0, 0.05) is 31.3 Å². The summed E-state index contributed by atoms with van der Waals surface area (Å²) in [6.07, 6.45) is 1.90. The van der Waals surface area contributed by atoms with E-state index in [2.05, 4.69) is 20.4 Å². The van der Waals surface area contributed by atoms with E-state index in [1.807, 2.05) is 19.9 Å². The van der Waals surface area contributed by atoms with E-state index < -0.39 is 64.5 Å². The standard InChI is InChI=1S/C33H44O8/c1-8-26(37-7)39-24-18-25-32(19-38-25,41-21(3)34)27-28(40-29(35)22-12-10-9-11-13-22)33(36)17-14-20(2)23(30(33,4)5)15-16-31(24,27)6/h8-13,24-28,36H,1,14-19H2,2-7H3/t24-,25+,26?,27?,28-,31+,32-,33+/m0/s1. The summed E-state index contributed by atoms with van der Waals surface area (Å²) in [7, 11) is 1.56. The molecule has 2 unspecified atom stereocenters. The quantitative estimate of drug-likeness (QED) is 0.274. The summed E-state index contributed by atoms with van der Waals surface area (Å²) in [5, 5.41) is 12.9. The van der Waals surface area contributed by atoms with Crippen LogP contribution < -0.4 is 0 Å². The molecule has 1 saturated heterocycles. The summed E-state index contributed by atoms with van der Waals surface area (Å²) >= 11 is 0. The minimum Gasteiger partial charge on any atom is -0.455 e. The van der Waals surface area contributed by atoms with Gasteiger partial charge in [0.25, 0.3) is 0 Å². The van der Waals surface area contributed by atoms with Crippen molar-refractivity contribution >= 4 is 11.9 Å². The number of methoxy groups -OCH3 is 1. The lowest BCUT2D eigenvalue weighted by Gasteiger charge is -2.68. The molecule has 3 fully saturated rings. The lowest BCUT2D eigenvalue weighted by atomic mass is 9.45. The van der Waals surface area contributed by atoms with Crippen molar-refractivity contribution in [3.8, 4) is 0 Å². The van der Waals surface area contributed by atoms with Gasteiger partial charge in [-0.1, -0.05) is 56.7 Å². The van der Waals surface area contributed by atoms with Crippen LogP contribution in [0.4, 0.5) is 0 Å². The predicted octanol–water partition coefficient (Wildman–Crippen LogP) is 5.14. The van der Waals surface area contributed by atoms with Crippen molar-refractivity contribution in [2.75, 3.05) is 13.7 Å². The molecule has 8 nitrogen and oxygen atoms in total. The fourth-order valence-corrected chi connectivity index (χ4v) is 8.32. The third kappa shape index (κ3) is 4.58. The minimum absolute atomic E-state index is 0.150. The van der Waals surface area contributed by atoms with Gasteiger partial charge in [-0.05, 0) is 50.8 Å². The molecule has 2 saturated carbocycles. The maximum Gasteiger partial charge on any atom is 0.338 e. The van der Waals surface area contributed by atoms with Gasteiger partial charge in [-0.25, -0.2) is 4.79 Å². The van der Waals surface area contributed by atoms with Gasteiger partial charge in [0.2, 0.25) is 0 Å². The Morgan fingerprint density at radius 3 is 2.44 bits per heavy atom. The number of carbonyl (C=O) groups is 2. The molecule has 8 heteroatoms. The van der Waals surface area contributed by atoms with Gasteiger partial charge >= 0.3 is 11.9 Å². The van der Waals surface area contributed by atoms with Crippen molar-refractivity contribution < 1.29 is 38.4 Å². The second kappa shape index (κ2) is 10.6. The van der Waals surface area contributed by atoms with Gasteiger partial charge in [-0.3, -0.25) is 4.79 Å². The molecule has 5 rings (SSSR count). The molecule has 1 aromatic carbocycles. The predicted molar refractivity (Wildman–Crippen MR) is 152 cm³/mol. The van der Waals surface area contributed by atoms with E-state index in [-0.39, 0.29) is 6.61 Å². The largest absolute Gasteiger partial charge is 0.455 e. The first kappa shape index (κ1) is 30.0. The lowest BCUT2D eigenvalue weighted by Crippen LogP contribution is -2.79. The zero-order chi connectivity index (χ0) is 29.8. The van der Waals surface area contributed by atoms with Gasteiger partial charge in [0.15, 0.2) is 11.9 Å². The molecule has 3 aliphatic carbocycles. The summed E-state index contributed by atoms with van der Waals surface area (Å²) in [4.78, 5) is 26.5. The highest BCUT2D eigenvalue weighted by molar-refractivity contribution is 5.89. The summed E-state index contributed by atoms with van der Waals surface area (Å²) in [6, 6.07) is 8.80. The Bertz CT molecular complexity index is 1220. The van der Waals surface area contributed by atoms with Gasteiger partial charge in [0.1, 0.15) is 17.8 Å². The minimum atomic E-state index is -1.45. The highest BCUT2D eigenvalue weighted by atomic mass is 16.7. The molecule has 1 N–H and O–H groups in total. The Labute approximate surface area is 243 Å². The van der Waals surface area contributed by atoms with Crippen LogP contribution >= 0.6 is 0 Å². The van der Waals surface area contributed by atoms with E-state index >= 15 is 0 Å². The third-order valence-electron chi connectivity index (χ3n) is 10.7. The number of aliphatic hydroxyl groups is 1. The molecule has 224 valence electrons. The van der Waals surface area contributed by atoms with Crippen molar-refractivity contribution in [1.29, 1.82) is 0 Å². The molecule has 0 radical (unpaired) electrons. The first-order valence-electron chi connectivity index (χ1n) is 14.6. The van der Waals surface area contributed by atoms with Crippen LogP contribution in [0.5, 0.6) is 0 Å². The number of esters is 2. The molecule has 1 aromatic rings. The molecule has 8 atom stereocenters. The molecule has 0 aromatic heterocycles. The van der Waals surface area contributed by atoms with Crippen molar-refractivity contribution in [2.45, 2.75) is 103 Å². The summed E-state index contributed by atoms with van der Waals surface area (Å²) in [5.74, 6) is -1.60. The number of carbonyl (C=O) groups excluding carboxylic acids is 2. The zero-order valence-corrected chi connectivity index (χ0v) is 25.1. The Morgan fingerprint density at radius 2 is 1.85 bits per heavy atom. The van der Waals surface area contributed by atoms with Gasteiger partial charge in [-0.2, -0.15) is 0 Å². The normalized spacial score (nSPS) is 38.2. The van der Waals surface area contributed by atoms with Crippen molar-refractivity contribution in [3.05, 3.63) is 59.7 Å². The van der Waals surface area contributed by atoms with Crippen molar-refractivity contribution in [3.63, 3.8) is 0 Å². The average molecular weight is 569 g/mol. The number of hydrogen-bond donors (Lipinski definition) is 1. The van der Waals surface area contributed by atoms with Crippen molar-refractivity contribution in [2.24, 2.45) is 16.7 Å². The van der Waals surface area contributed by atoms with Crippen molar-refractivity contribution in [1.82, 2.24) is 0 Å². The highest BCUT2D eigenvalue weighted by Gasteiger charge is 2.75. The molecule has 1 aliphatic heterocycles. The average Bonchev–Trinajstić information content (AvgIpc) is 2.92. The van der Waals surface area contributed by atoms with Gasteiger partial charge in [0.05, 0.1) is 24.2 Å². The number of hydrogen-bond acceptors (Lipinski definition) is 8. The first-order valence-corrected chi connectivity index (χ1v) is 14.6. The van der Waals surface area contributed by atoms with E-state index in [4.69, 9.17) is 23.7 Å². The van der Waals surface area contributed by atoms with Crippen LogP contribution in [-0.2, 0) is 28.5 Å². The van der Waals surface area contributed by atoms with Crippen LogP contribution in [0.25, 0.3) is 0 Å². The first-order chi connectivity index (χ1) is 19.3. The van der Waals surface area contributed by atoms with E-state index in [1.165, 1.54) is 18.1 Å². The topological polar surface area (TPSA) is 101 Å². The Balaban J connectivity index is 1.73. The Morgan fingerprint density at radius 1 is 1.15 bits per heavy atom. The van der Waals surface area contributed by atoms with Crippen LogP contribution in [0.1, 0.15) is 77.1 Å². The molecule has 0 amide bonds. The number of benzene rings is 1. The lowest BCUT2D eigenvalue weighted by molar-refractivity contribution is -0.360. The summed E-state index contributed by atoms with van der Waals surface area (Å²) < 4.78 is 30.9. The van der Waals surface area contributed by atoms with Gasteiger partial charge in [-0.15, -0.1) is 0 Å². The zero-order valence-electron chi connectivity index (χ0n) is 25.1. The van der Waals surface area contributed by atoms with E-state index in [9.17, 15) is 14.7 Å². The SMILES string of the molecule is C=CC(OC)O[C@H]1C[C@H]2OC[C@@]2(OC(C)=O)C2[C@H](OC(=O)c3ccccc3)[C@]3(O)CCC(C)=C(CC[C@@]21C)C3(C)C. The molecule has 1 heterocycles. The van der Waals surface area contributed by atoms with Gasteiger partial charge < -0.3 is 28.8 Å². The maximum absolute atomic E-state index is 13.8. The second-order valence-corrected chi connectivity index (χ2v) is 13.0. The monoisotopic (exact) mass is 568 g/mol. The molecule has 2 bridgehead atoms.